The van der Waals surface area contributed by atoms with Gasteiger partial charge in [-0.15, -0.1) is 0 Å². The summed E-state index contributed by atoms with van der Waals surface area (Å²) >= 11 is 6.56. The quantitative estimate of drug-likeness (QED) is 0.0707. The van der Waals surface area contributed by atoms with Gasteiger partial charge in [0, 0.05) is 18.9 Å². The number of benzene rings is 3. The van der Waals surface area contributed by atoms with Crippen LogP contribution in [0.2, 0.25) is 10.2 Å². The van der Waals surface area contributed by atoms with Gasteiger partial charge >= 0.3 is 12.1 Å². The van der Waals surface area contributed by atoms with Gasteiger partial charge in [-0.3, -0.25) is 5.32 Å². The first-order chi connectivity index (χ1) is 24.7. The molecule has 0 spiro atoms. The van der Waals surface area contributed by atoms with Crippen LogP contribution in [0, 0.1) is 5.92 Å². The van der Waals surface area contributed by atoms with Crippen molar-refractivity contribution in [3.8, 4) is 0 Å². The van der Waals surface area contributed by atoms with Crippen molar-refractivity contribution in [2.24, 2.45) is 5.92 Å². The fourth-order valence-electron chi connectivity index (χ4n) is 6.98. The second kappa shape index (κ2) is 14.6. The number of rotatable bonds is 9. The van der Waals surface area contributed by atoms with Crippen molar-refractivity contribution in [1.29, 1.82) is 0 Å². The van der Waals surface area contributed by atoms with Gasteiger partial charge in [-0.25, -0.2) is 14.6 Å². The summed E-state index contributed by atoms with van der Waals surface area (Å²) in [4.78, 5) is 39.5. The van der Waals surface area contributed by atoms with Crippen molar-refractivity contribution in [2.45, 2.75) is 70.7 Å². The first-order valence-electron chi connectivity index (χ1n) is 17.3. The predicted molar refractivity (Wildman–Crippen MR) is 206 cm³/mol. The molecule has 0 radical (unpaired) electrons. The minimum Gasteiger partial charge on any atom is -0.458 e. The molecule has 1 fully saturated rings. The maximum Gasteiger partial charge on any atom is 0.414 e. The Morgan fingerprint density at radius 2 is 1.48 bits per heavy atom. The molecule has 1 N–H and O–H groups in total. The third-order valence-electron chi connectivity index (χ3n) is 9.30. The predicted octanol–water partition coefficient (Wildman–Crippen LogP) is 7.75. The smallest absolute Gasteiger partial charge is 0.414 e. The van der Waals surface area contributed by atoms with Crippen molar-refractivity contribution >= 4 is 59.5 Å². The normalized spacial score (nSPS) is 18.0. The second-order valence-corrected chi connectivity index (χ2v) is 19.7. The summed E-state index contributed by atoms with van der Waals surface area (Å²) in [6.07, 6.45) is 0.707. The Labute approximate surface area is 310 Å². The number of esters is 1. The van der Waals surface area contributed by atoms with E-state index in [4.69, 9.17) is 25.5 Å². The molecular weight excluding hydrogens is 694 g/mol. The number of nitrogens with one attached hydrogen (secondary N) is 1. The van der Waals surface area contributed by atoms with E-state index >= 15 is 0 Å². The standard InChI is InChI=1S/C40H44ClN5O5Si/c1-26-30(24-49-52(40(5,6)7,28-19-13-9-14-20-28)29-21-15-10-16-22-29)32(50-36(47)27-17-11-8-12-18-27)23-31(26)46-25-42-33-34(41)43-37(44-35(33)46)45-38(48)51-39(2,3)4/h8-22,25,30-32H,1,23-24H2,2-7H3,(H,43,44,45,48)/t30-,31-,32-/m0/s1. The van der Waals surface area contributed by atoms with Gasteiger partial charge in [-0.1, -0.05) is 118 Å². The molecule has 0 aliphatic heterocycles. The number of nitrogens with zero attached hydrogens (tertiary/aromatic N) is 4. The van der Waals surface area contributed by atoms with Gasteiger partial charge in [0.1, 0.15) is 17.2 Å². The van der Waals surface area contributed by atoms with Crippen molar-refractivity contribution in [3.63, 3.8) is 0 Å². The zero-order chi connectivity index (χ0) is 37.3. The average Bonchev–Trinajstić information content (AvgIpc) is 3.65. The molecule has 270 valence electrons. The summed E-state index contributed by atoms with van der Waals surface area (Å²) in [5.74, 6) is -0.844. The largest absolute Gasteiger partial charge is 0.458 e. The molecule has 0 saturated heterocycles. The van der Waals surface area contributed by atoms with Crippen molar-refractivity contribution < 1.29 is 23.5 Å². The fourth-order valence-corrected chi connectivity index (χ4v) is 11.8. The zero-order valence-electron chi connectivity index (χ0n) is 30.3. The van der Waals surface area contributed by atoms with E-state index in [0.29, 0.717) is 23.1 Å². The van der Waals surface area contributed by atoms with E-state index in [2.05, 4.69) is 71.9 Å². The molecule has 1 amide bonds. The third-order valence-corrected chi connectivity index (χ3v) is 14.6. The Morgan fingerprint density at radius 1 is 0.904 bits per heavy atom. The van der Waals surface area contributed by atoms with Crippen LogP contribution in [0.5, 0.6) is 0 Å². The van der Waals surface area contributed by atoms with Crippen LogP contribution in [0.4, 0.5) is 10.7 Å². The molecule has 1 aliphatic rings. The van der Waals surface area contributed by atoms with Gasteiger partial charge in [-0.2, -0.15) is 9.97 Å². The van der Waals surface area contributed by atoms with E-state index in [1.54, 1.807) is 51.4 Å². The van der Waals surface area contributed by atoms with Gasteiger partial charge in [-0.05, 0) is 53.9 Å². The lowest BCUT2D eigenvalue weighted by molar-refractivity contribution is 0.0165. The summed E-state index contributed by atoms with van der Waals surface area (Å²) in [5.41, 5.74) is 1.26. The highest BCUT2D eigenvalue weighted by Crippen LogP contribution is 2.44. The molecule has 52 heavy (non-hydrogen) atoms. The monoisotopic (exact) mass is 737 g/mol. The minimum atomic E-state index is -2.95. The summed E-state index contributed by atoms with van der Waals surface area (Å²) in [5, 5.41) is 4.66. The zero-order valence-corrected chi connectivity index (χ0v) is 32.1. The number of imidazole rings is 1. The molecule has 0 bridgehead atoms. The highest BCUT2D eigenvalue weighted by Gasteiger charge is 2.52. The van der Waals surface area contributed by atoms with E-state index < -0.39 is 38.1 Å². The number of hydrogen-bond donors (Lipinski definition) is 1. The number of hydrogen-bond acceptors (Lipinski definition) is 8. The Kier molecular flexibility index (Phi) is 10.4. The number of amides is 1. The Balaban J connectivity index is 1.38. The Morgan fingerprint density at radius 3 is 2.04 bits per heavy atom. The molecule has 6 rings (SSSR count). The molecule has 0 unspecified atom stereocenters. The maximum atomic E-state index is 13.6. The van der Waals surface area contributed by atoms with E-state index in [1.165, 1.54) is 0 Å². The lowest BCUT2D eigenvalue weighted by Crippen LogP contribution is -2.67. The Bertz CT molecular complexity index is 2020. The minimum absolute atomic E-state index is 0.0317. The number of halogens is 1. The molecule has 3 aromatic carbocycles. The maximum absolute atomic E-state index is 13.6. The molecule has 1 saturated carbocycles. The first kappa shape index (κ1) is 36.9. The van der Waals surface area contributed by atoms with Crippen LogP contribution in [0.25, 0.3) is 11.2 Å². The fraction of sp³-hybridized carbons (Fsp3) is 0.325. The summed E-state index contributed by atoms with van der Waals surface area (Å²) in [6, 6.07) is 29.3. The van der Waals surface area contributed by atoms with Gasteiger partial charge in [0.2, 0.25) is 5.95 Å². The van der Waals surface area contributed by atoms with Crippen LogP contribution in [0.1, 0.15) is 64.4 Å². The van der Waals surface area contributed by atoms with Crippen molar-refractivity contribution in [3.05, 3.63) is 120 Å². The van der Waals surface area contributed by atoms with Crippen LogP contribution in [-0.2, 0) is 13.9 Å². The molecular formula is C40H44ClN5O5Si. The number of carbonyl (C=O) groups excluding carboxylic acids is 2. The molecule has 5 aromatic rings. The molecule has 2 aromatic heterocycles. The summed E-state index contributed by atoms with van der Waals surface area (Å²) in [6.45, 7) is 16.8. The number of fused-ring (bicyclic) bond motifs is 1. The van der Waals surface area contributed by atoms with Gasteiger partial charge in [0.25, 0.3) is 8.32 Å². The highest BCUT2D eigenvalue weighted by molar-refractivity contribution is 6.99. The van der Waals surface area contributed by atoms with Crippen LogP contribution >= 0.6 is 11.6 Å². The number of aromatic nitrogens is 4. The topological polar surface area (TPSA) is 117 Å². The third kappa shape index (κ3) is 7.53. The number of carbonyl (C=O) groups is 2. The van der Waals surface area contributed by atoms with E-state index in [1.807, 2.05) is 47.0 Å². The highest BCUT2D eigenvalue weighted by atomic mass is 35.5. The lowest BCUT2D eigenvalue weighted by atomic mass is 10.0. The first-order valence-corrected chi connectivity index (χ1v) is 19.6. The summed E-state index contributed by atoms with van der Waals surface area (Å²) in [7, 11) is -2.95. The van der Waals surface area contributed by atoms with E-state index in [0.717, 1.165) is 15.9 Å². The van der Waals surface area contributed by atoms with Crippen LogP contribution in [0.3, 0.4) is 0 Å². The summed E-state index contributed by atoms with van der Waals surface area (Å²) < 4.78 is 20.9. The number of ether oxygens (including phenoxy) is 2. The Hall–Kier alpha value is -4.84. The molecule has 10 nitrogen and oxygen atoms in total. The lowest BCUT2D eigenvalue weighted by Gasteiger charge is -2.44. The number of anilines is 1. The van der Waals surface area contributed by atoms with Gasteiger partial charge < -0.3 is 18.5 Å². The van der Waals surface area contributed by atoms with Gasteiger partial charge in [0.15, 0.2) is 10.8 Å². The SMILES string of the molecule is C=C1[C@H](CO[Si](c2ccccc2)(c2ccccc2)C(C)(C)C)[C@@H](OC(=O)c2ccccc2)C[C@@H]1n1cnc2c(Cl)nc(NC(=O)OC(C)(C)C)nc21. The van der Waals surface area contributed by atoms with Crippen molar-refractivity contribution in [1.82, 2.24) is 19.5 Å². The molecule has 2 heterocycles. The molecule has 3 atom stereocenters. The van der Waals surface area contributed by atoms with E-state index in [9.17, 15) is 9.59 Å². The molecule has 1 aliphatic carbocycles. The second-order valence-electron chi connectivity index (χ2n) is 15.0. The van der Waals surface area contributed by atoms with Gasteiger partial charge in [0.05, 0.1) is 17.9 Å². The average molecular weight is 738 g/mol. The molecule has 12 heteroatoms. The van der Waals surface area contributed by atoms with Crippen LogP contribution < -0.4 is 15.7 Å². The van der Waals surface area contributed by atoms with Crippen LogP contribution in [0.15, 0.2) is 109 Å². The van der Waals surface area contributed by atoms with E-state index in [-0.39, 0.29) is 28.7 Å². The van der Waals surface area contributed by atoms with Crippen molar-refractivity contribution in [2.75, 3.05) is 11.9 Å². The van der Waals surface area contributed by atoms with Crippen LogP contribution in [-0.4, -0.2) is 58.2 Å².